The molecule has 0 atom stereocenters. The molecule has 8 heteroatoms. The Balaban J connectivity index is 0.814. The SMILES string of the molecule is CC1(C)c2ccccc2-c2c1ccc1c3ccccc3n(-c3ccc(-c4nc(-c5ccccc5)nc(-c5cccc(-c6cc7c(c8c6c6ccccc6n8-c6nc(-c8ccccc8)nc(-c8ccc(-c9ccccc9)cc8)n6)-c6ccccc6C7(C)C)c5)n4)cc3)c21. The van der Waals surface area contributed by atoms with Gasteiger partial charge in [0.15, 0.2) is 29.1 Å². The number of hydrogen-bond donors (Lipinski definition) is 0. The molecule has 0 radical (unpaired) electrons. The van der Waals surface area contributed by atoms with E-state index in [2.05, 4.69) is 273 Å². The molecule has 4 heterocycles. The standard InChI is InChI=1S/C84H58N8/c1-83(2)66-35-18-14-32-62(66)73-68(83)48-47-61-60-31-16-20-37-70(60)91(75(61)73)59-45-43-56(44-46-59)78-85-77(53-25-10-6-11-26-53)86-81(87-78)58-30-22-29-57(49-58)65-50-69-74(63-33-15-19-36-67(63)84(69,3)4)76-72(65)64-34-17-21-38-71(64)92(76)82-89-79(54-27-12-7-13-28-54)88-80(90-82)55-41-39-52(40-42-55)51-23-8-5-9-24-51/h5-50H,1-4H3. The van der Waals surface area contributed by atoms with Gasteiger partial charge in [0.1, 0.15) is 0 Å². The molecule has 0 N–H and O–H groups in total. The molecule has 12 aromatic carbocycles. The molecule has 0 unspecified atom stereocenters. The van der Waals surface area contributed by atoms with Gasteiger partial charge in [-0.15, -0.1) is 0 Å². The summed E-state index contributed by atoms with van der Waals surface area (Å²) in [4.78, 5) is 32.2. The molecule has 2 aliphatic carbocycles. The van der Waals surface area contributed by atoms with Crippen LogP contribution in [0.4, 0.5) is 0 Å². The third-order valence-electron chi connectivity index (χ3n) is 19.5. The predicted molar refractivity (Wildman–Crippen MR) is 375 cm³/mol. The van der Waals surface area contributed by atoms with E-state index in [4.69, 9.17) is 29.9 Å². The van der Waals surface area contributed by atoms with Crippen LogP contribution in [-0.4, -0.2) is 39.0 Å². The van der Waals surface area contributed by atoms with E-state index in [1.165, 1.54) is 60.8 Å². The van der Waals surface area contributed by atoms with Gasteiger partial charge in [0.2, 0.25) is 5.95 Å². The molecule has 0 spiro atoms. The fourth-order valence-corrected chi connectivity index (χ4v) is 15.0. The summed E-state index contributed by atoms with van der Waals surface area (Å²) in [5.41, 5.74) is 24.0. The first-order valence-corrected chi connectivity index (χ1v) is 31.5. The van der Waals surface area contributed by atoms with E-state index in [9.17, 15) is 0 Å². The van der Waals surface area contributed by atoms with Gasteiger partial charge in [-0.1, -0.05) is 258 Å². The minimum Gasteiger partial charge on any atom is -0.309 e. The summed E-state index contributed by atoms with van der Waals surface area (Å²) in [7, 11) is 0. The summed E-state index contributed by atoms with van der Waals surface area (Å²) in [6, 6.07) is 99.4. The highest BCUT2D eigenvalue weighted by Gasteiger charge is 2.40. The van der Waals surface area contributed by atoms with Crippen LogP contribution in [0.2, 0.25) is 0 Å². The summed E-state index contributed by atoms with van der Waals surface area (Å²) < 4.78 is 4.75. The lowest BCUT2D eigenvalue weighted by Gasteiger charge is -2.23. The predicted octanol–water partition coefficient (Wildman–Crippen LogP) is 20.5. The minimum atomic E-state index is -0.360. The summed E-state index contributed by atoms with van der Waals surface area (Å²) in [5, 5.41) is 4.65. The highest BCUT2D eigenvalue weighted by atomic mass is 15.2. The van der Waals surface area contributed by atoms with E-state index in [0.717, 1.165) is 83.1 Å². The van der Waals surface area contributed by atoms with Crippen LogP contribution in [-0.2, 0) is 10.8 Å². The lowest BCUT2D eigenvalue weighted by atomic mass is 9.81. The van der Waals surface area contributed by atoms with Crippen molar-refractivity contribution < 1.29 is 0 Å². The second-order valence-corrected chi connectivity index (χ2v) is 25.4. The fourth-order valence-electron chi connectivity index (χ4n) is 15.0. The lowest BCUT2D eigenvalue weighted by molar-refractivity contribution is 0.660. The summed E-state index contributed by atoms with van der Waals surface area (Å²) in [6.07, 6.45) is 0. The van der Waals surface area contributed by atoms with Crippen molar-refractivity contribution in [2.45, 2.75) is 38.5 Å². The number of benzene rings is 12. The van der Waals surface area contributed by atoms with Crippen LogP contribution >= 0.6 is 0 Å². The molecule has 0 saturated carbocycles. The Morgan fingerprint density at radius 3 is 1.29 bits per heavy atom. The molecule has 92 heavy (non-hydrogen) atoms. The van der Waals surface area contributed by atoms with Crippen molar-refractivity contribution in [3.8, 4) is 113 Å². The van der Waals surface area contributed by atoms with Crippen LogP contribution in [0.1, 0.15) is 49.9 Å². The largest absolute Gasteiger partial charge is 0.309 e. The molecule has 8 nitrogen and oxygen atoms in total. The number of aromatic nitrogens is 8. The van der Waals surface area contributed by atoms with Crippen LogP contribution < -0.4 is 0 Å². The molecule has 0 amide bonds. The van der Waals surface area contributed by atoms with Gasteiger partial charge in [0.25, 0.3) is 0 Å². The van der Waals surface area contributed by atoms with Crippen LogP contribution in [0.25, 0.3) is 157 Å². The molecule has 434 valence electrons. The van der Waals surface area contributed by atoms with Gasteiger partial charge in [-0.2, -0.15) is 9.97 Å². The monoisotopic (exact) mass is 1180 g/mol. The van der Waals surface area contributed by atoms with Gasteiger partial charge in [0, 0.05) is 77.0 Å². The van der Waals surface area contributed by atoms with Crippen molar-refractivity contribution >= 4 is 43.6 Å². The van der Waals surface area contributed by atoms with E-state index in [1.54, 1.807) is 0 Å². The van der Waals surface area contributed by atoms with Gasteiger partial charge >= 0.3 is 0 Å². The van der Waals surface area contributed by atoms with Crippen molar-refractivity contribution in [3.05, 3.63) is 301 Å². The molecule has 4 aromatic heterocycles. The first kappa shape index (κ1) is 53.3. The Morgan fingerprint density at radius 1 is 0.261 bits per heavy atom. The first-order chi connectivity index (χ1) is 45.1. The highest BCUT2D eigenvalue weighted by Crippen LogP contribution is 2.56. The van der Waals surface area contributed by atoms with Gasteiger partial charge in [-0.25, -0.2) is 19.9 Å². The maximum absolute atomic E-state index is 5.50. The summed E-state index contributed by atoms with van der Waals surface area (Å²) >= 11 is 0. The third kappa shape index (κ3) is 8.16. The van der Waals surface area contributed by atoms with E-state index >= 15 is 0 Å². The van der Waals surface area contributed by atoms with Crippen LogP contribution in [0.5, 0.6) is 0 Å². The Kier molecular flexibility index (Phi) is 11.8. The number of fused-ring (bicyclic) bond motifs is 14. The molecular formula is C84H58N8. The Hall–Kier alpha value is -11.7. The van der Waals surface area contributed by atoms with E-state index in [1.807, 2.05) is 42.5 Å². The van der Waals surface area contributed by atoms with Crippen molar-refractivity contribution in [1.29, 1.82) is 0 Å². The molecule has 0 aliphatic heterocycles. The second kappa shape index (κ2) is 20.4. The van der Waals surface area contributed by atoms with Crippen molar-refractivity contribution in [3.63, 3.8) is 0 Å². The van der Waals surface area contributed by atoms with Gasteiger partial charge in [-0.3, -0.25) is 4.57 Å². The summed E-state index contributed by atoms with van der Waals surface area (Å²) in [5.74, 6) is 3.48. The average molecular weight is 1180 g/mol. The minimum absolute atomic E-state index is 0.137. The normalized spacial score (nSPS) is 13.4. The zero-order chi connectivity index (χ0) is 61.4. The quantitative estimate of drug-likeness (QED) is 0.143. The van der Waals surface area contributed by atoms with Crippen LogP contribution in [0.3, 0.4) is 0 Å². The Morgan fingerprint density at radius 2 is 0.685 bits per heavy atom. The fraction of sp³-hybridized carbons (Fsp3) is 0.0714. The van der Waals surface area contributed by atoms with Gasteiger partial charge in [0.05, 0.1) is 22.1 Å². The maximum atomic E-state index is 5.50. The zero-order valence-corrected chi connectivity index (χ0v) is 51.1. The van der Waals surface area contributed by atoms with Gasteiger partial charge in [-0.05, 0) is 104 Å². The molecule has 0 fully saturated rings. The number of para-hydroxylation sites is 2. The first-order valence-electron chi connectivity index (χ1n) is 31.5. The second-order valence-electron chi connectivity index (χ2n) is 25.4. The molecule has 18 rings (SSSR count). The van der Waals surface area contributed by atoms with Gasteiger partial charge < -0.3 is 4.57 Å². The molecule has 0 saturated heterocycles. The number of nitrogens with zero attached hydrogens (tertiary/aromatic N) is 8. The zero-order valence-electron chi connectivity index (χ0n) is 51.1. The molecule has 0 bridgehead atoms. The molecule has 2 aliphatic rings. The Bertz CT molecular complexity index is 5670. The average Bonchev–Trinajstić information content (AvgIpc) is 1.54. The number of rotatable bonds is 9. The van der Waals surface area contributed by atoms with Crippen molar-refractivity contribution in [2.24, 2.45) is 0 Å². The van der Waals surface area contributed by atoms with E-state index in [0.29, 0.717) is 35.1 Å². The lowest BCUT2D eigenvalue weighted by Crippen LogP contribution is -2.15. The van der Waals surface area contributed by atoms with E-state index < -0.39 is 0 Å². The highest BCUT2D eigenvalue weighted by molar-refractivity contribution is 6.21. The van der Waals surface area contributed by atoms with Crippen LogP contribution in [0.15, 0.2) is 279 Å². The number of hydrogen-bond acceptors (Lipinski definition) is 6. The topological polar surface area (TPSA) is 87.2 Å². The smallest absolute Gasteiger partial charge is 0.238 e. The van der Waals surface area contributed by atoms with E-state index in [-0.39, 0.29) is 10.8 Å². The maximum Gasteiger partial charge on any atom is 0.238 e. The van der Waals surface area contributed by atoms with Crippen molar-refractivity contribution in [1.82, 2.24) is 39.0 Å². The third-order valence-corrected chi connectivity index (χ3v) is 19.5. The van der Waals surface area contributed by atoms with Crippen LogP contribution in [0, 0.1) is 0 Å². The van der Waals surface area contributed by atoms with Crippen molar-refractivity contribution in [2.75, 3.05) is 0 Å². The summed E-state index contributed by atoms with van der Waals surface area (Å²) in [6.45, 7) is 9.40. The Labute approximate surface area is 532 Å². The molecular weight excluding hydrogens is 1120 g/mol. The molecule has 16 aromatic rings.